The van der Waals surface area contributed by atoms with Crippen LogP contribution < -0.4 is 11.5 Å². The van der Waals surface area contributed by atoms with E-state index in [0.717, 1.165) is 13.0 Å². The molecule has 1 unspecified atom stereocenters. The molecular formula is C9H21N3O. The molecule has 0 aromatic carbocycles. The highest BCUT2D eigenvalue weighted by Gasteiger charge is 2.28. The lowest BCUT2D eigenvalue weighted by Gasteiger charge is -2.38. The lowest BCUT2D eigenvalue weighted by atomic mass is 9.96. The van der Waals surface area contributed by atoms with Crippen molar-refractivity contribution in [2.24, 2.45) is 11.5 Å². The maximum Gasteiger partial charge on any atom is 0.231 e. The van der Waals surface area contributed by atoms with Crippen molar-refractivity contribution in [2.45, 2.75) is 32.7 Å². The third-order valence-electron chi connectivity index (χ3n) is 2.69. The van der Waals surface area contributed by atoms with Crippen LogP contribution in [0.5, 0.6) is 0 Å². The van der Waals surface area contributed by atoms with Gasteiger partial charge in [-0.3, -0.25) is 9.69 Å². The normalized spacial score (nSPS) is 15.8. The molecule has 0 aliphatic rings. The fraction of sp³-hybridized carbons (Fsp3) is 0.889. The third-order valence-corrected chi connectivity index (χ3v) is 2.69. The van der Waals surface area contributed by atoms with Gasteiger partial charge in [0.25, 0.3) is 0 Å². The van der Waals surface area contributed by atoms with E-state index in [2.05, 4.69) is 13.8 Å². The SMILES string of the molecule is CCN(CC(N)=O)C(C)(CC)CN. The van der Waals surface area contributed by atoms with Crippen molar-refractivity contribution in [1.82, 2.24) is 4.90 Å². The summed E-state index contributed by atoms with van der Waals surface area (Å²) in [5.41, 5.74) is 10.7. The number of carbonyl (C=O) groups excluding carboxylic acids is 1. The Balaban J connectivity index is 4.42. The monoisotopic (exact) mass is 187 g/mol. The minimum atomic E-state index is -0.296. The summed E-state index contributed by atoms with van der Waals surface area (Å²) >= 11 is 0. The molecule has 0 radical (unpaired) electrons. The largest absolute Gasteiger partial charge is 0.369 e. The van der Waals surface area contributed by atoms with E-state index in [0.29, 0.717) is 6.54 Å². The number of nitrogens with zero attached hydrogens (tertiary/aromatic N) is 1. The van der Waals surface area contributed by atoms with Crippen molar-refractivity contribution >= 4 is 5.91 Å². The topological polar surface area (TPSA) is 72.3 Å². The third kappa shape index (κ3) is 3.32. The van der Waals surface area contributed by atoms with Crippen LogP contribution in [0.25, 0.3) is 0 Å². The van der Waals surface area contributed by atoms with Gasteiger partial charge in [-0.2, -0.15) is 0 Å². The lowest BCUT2D eigenvalue weighted by Crippen LogP contribution is -2.53. The first-order chi connectivity index (χ1) is 6.00. The molecule has 0 aromatic rings. The molecule has 4 nitrogen and oxygen atoms in total. The van der Waals surface area contributed by atoms with Crippen LogP contribution in [0.4, 0.5) is 0 Å². The van der Waals surface area contributed by atoms with E-state index in [9.17, 15) is 4.79 Å². The Kier molecular flexibility index (Phi) is 4.95. The molecule has 1 atom stereocenters. The van der Waals surface area contributed by atoms with Gasteiger partial charge >= 0.3 is 0 Å². The van der Waals surface area contributed by atoms with Gasteiger partial charge in [0, 0.05) is 12.1 Å². The van der Waals surface area contributed by atoms with E-state index in [1.54, 1.807) is 0 Å². The number of carbonyl (C=O) groups is 1. The second-order valence-electron chi connectivity index (χ2n) is 3.54. The van der Waals surface area contributed by atoms with E-state index in [4.69, 9.17) is 11.5 Å². The predicted octanol–water partition coefficient (Wildman–Crippen LogP) is -0.0790. The van der Waals surface area contributed by atoms with Crippen molar-refractivity contribution < 1.29 is 4.79 Å². The van der Waals surface area contributed by atoms with Crippen LogP contribution in [0.15, 0.2) is 0 Å². The van der Waals surface area contributed by atoms with Gasteiger partial charge in [-0.15, -0.1) is 0 Å². The van der Waals surface area contributed by atoms with Crippen LogP contribution in [-0.2, 0) is 4.79 Å². The van der Waals surface area contributed by atoms with Gasteiger partial charge in [-0.05, 0) is 19.9 Å². The molecular weight excluding hydrogens is 166 g/mol. The van der Waals surface area contributed by atoms with E-state index in [-0.39, 0.29) is 18.0 Å². The van der Waals surface area contributed by atoms with Crippen molar-refractivity contribution in [3.63, 3.8) is 0 Å². The highest BCUT2D eigenvalue weighted by Crippen LogP contribution is 2.16. The molecule has 1 amide bonds. The Morgan fingerprint density at radius 1 is 1.46 bits per heavy atom. The number of hydrogen-bond donors (Lipinski definition) is 2. The quantitative estimate of drug-likeness (QED) is 0.611. The summed E-state index contributed by atoms with van der Waals surface area (Å²) in [6.45, 7) is 7.76. The molecule has 4 N–H and O–H groups in total. The maximum atomic E-state index is 10.8. The Morgan fingerprint density at radius 2 is 2.00 bits per heavy atom. The van der Waals surface area contributed by atoms with Crippen molar-refractivity contribution in [1.29, 1.82) is 0 Å². The van der Waals surface area contributed by atoms with Crippen LogP contribution >= 0.6 is 0 Å². The van der Waals surface area contributed by atoms with Crippen LogP contribution in [-0.4, -0.2) is 36.0 Å². The van der Waals surface area contributed by atoms with E-state index in [1.807, 2.05) is 11.8 Å². The van der Waals surface area contributed by atoms with Gasteiger partial charge in [-0.1, -0.05) is 13.8 Å². The van der Waals surface area contributed by atoms with Crippen LogP contribution in [0.3, 0.4) is 0 Å². The zero-order valence-electron chi connectivity index (χ0n) is 8.84. The van der Waals surface area contributed by atoms with Crippen molar-refractivity contribution in [3.8, 4) is 0 Å². The first-order valence-electron chi connectivity index (χ1n) is 4.73. The molecule has 0 saturated carbocycles. The van der Waals surface area contributed by atoms with Crippen LogP contribution in [0.1, 0.15) is 27.2 Å². The average Bonchev–Trinajstić information content (AvgIpc) is 2.12. The smallest absolute Gasteiger partial charge is 0.231 e. The second-order valence-corrected chi connectivity index (χ2v) is 3.54. The Hall–Kier alpha value is -0.610. The predicted molar refractivity (Wildman–Crippen MR) is 54.2 cm³/mol. The van der Waals surface area contributed by atoms with Crippen molar-refractivity contribution in [3.05, 3.63) is 0 Å². The summed E-state index contributed by atoms with van der Waals surface area (Å²) in [5.74, 6) is -0.296. The summed E-state index contributed by atoms with van der Waals surface area (Å²) in [6, 6.07) is 0. The summed E-state index contributed by atoms with van der Waals surface area (Å²) in [5, 5.41) is 0. The minimum Gasteiger partial charge on any atom is -0.369 e. The highest BCUT2D eigenvalue weighted by atomic mass is 16.1. The maximum absolute atomic E-state index is 10.8. The Labute approximate surface area is 80.3 Å². The molecule has 0 aliphatic heterocycles. The van der Waals surface area contributed by atoms with Gasteiger partial charge in [-0.25, -0.2) is 0 Å². The van der Waals surface area contributed by atoms with Crippen molar-refractivity contribution in [2.75, 3.05) is 19.6 Å². The molecule has 0 bridgehead atoms. The number of hydrogen-bond acceptors (Lipinski definition) is 3. The van der Waals surface area contributed by atoms with E-state index < -0.39 is 0 Å². The van der Waals surface area contributed by atoms with Gasteiger partial charge in [0.05, 0.1) is 6.54 Å². The summed E-state index contributed by atoms with van der Waals surface area (Å²) < 4.78 is 0. The molecule has 0 rings (SSSR count). The molecule has 0 aliphatic carbocycles. The molecule has 0 heterocycles. The minimum absolute atomic E-state index is 0.107. The number of likely N-dealkylation sites (N-methyl/N-ethyl adjacent to an activating group) is 1. The molecule has 0 fully saturated rings. The van der Waals surface area contributed by atoms with Crippen LogP contribution in [0, 0.1) is 0 Å². The average molecular weight is 187 g/mol. The van der Waals surface area contributed by atoms with Gasteiger partial charge in [0.2, 0.25) is 5.91 Å². The van der Waals surface area contributed by atoms with E-state index in [1.165, 1.54) is 0 Å². The first kappa shape index (κ1) is 12.4. The molecule has 0 spiro atoms. The molecule has 0 aromatic heterocycles. The van der Waals surface area contributed by atoms with Gasteiger partial charge < -0.3 is 11.5 Å². The summed E-state index contributed by atoms with van der Waals surface area (Å²) in [7, 11) is 0. The fourth-order valence-corrected chi connectivity index (χ4v) is 1.37. The van der Waals surface area contributed by atoms with Gasteiger partial charge in [0.15, 0.2) is 0 Å². The molecule has 78 valence electrons. The van der Waals surface area contributed by atoms with Gasteiger partial charge in [0.1, 0.15) is 0 Å². The standard InChI is InChI=1S/C9H21N3O/c1-4-9(3,7-10)12(5-2)6-8(11)13/h4-7,10H2,1-3H3,(H2,11,13). The molecule has 4 heteroatoms. The first-order valence-corrected chi connectivity index (χ1v) is 4.73. The zero-order chi connectivity index (χ0) is 10.5. The molecule has 13 heavy (non-hydrogen) atoms. The second kappa shape index (κ2) is 5.19. The summed E-state index contributed by atoms with van der Waals surface area (Å²) in [6.07, 6.45) is 0.921. The van der Waals surface area contributed by atoms with Crippen LogP contribution in [0.2, 0.25) is 0 Å². The van der Waals surface area contributed by atoms with E-state index >= 15 is 0 Å². The number of rotatable bonds is 6. The molecule has 0 saturated heterocycles. The number of primary amides is 1. The Bertz CT molecular complexity index is 166. The highest BCUT2D eigenvalue weighted by molar-refractivity contribution is 5.76. The number of nitrogens with two attached hydrogens (primary N) is 2. The zero-order valence-corrected chi connectivity index (χ0v) is 8.84. The fourth-order valence-electron chi connectivity index (χ4n) is 1.37. The lowest BCUT2D eigenvalue weighted by molar-refractivity contribution is -0.120. The number of amides is 1. The summed E-state index contributed by atoms with van der Waals surface area (Å²) in [4.78, 5) is 12.8. The Morgan fingerprint density at radius 3 is 2.23 bits per heavy atom.